The normalized spacial score (nSPS) is 37.9. The van der Waals surface area contributed by atoms with Gasteiger partial charge in [0.1, 0.15) is 22.9 Å². The van der Waals surface area contributed by atoms with Crippen LogP contribution in [-0.4, -0.2) is 78.3 Å². The van der Waals surface area contributed by atoms with Gasteiger partial charge in [0, 0.05) is 17.3 Å². The molecule has 2 aromatic carbocycles. The summed E-state index contributed by atoms with van der Waals surface area (Å²) in [5.41, 5.74) is -2.25. The quantitative estimate of drug-likeness (QED) is 0.348. The van der Waals surface area contributed by atoms with Gasteiger partial charge in [-0.1, -0.05) is 18.2 Å². The lowest BCUT2D eigenvalue weighted by Gasteiger charge is -2.54. The molecule has 9 heteroatoms. The molecule has 0 amide bonds. The van der Waals surface area contributed by atoms with Crippen molar-refractivity contribution in [2.45, 2.75) is 89.0 Å². The van der Waals surface area contributed by atoms with Gasteiger partial charge in [0.25, 0.3) is 0 Å². The van der Waals surface area contributed by atoms with Gasteiger partial charge in [0.2, 0.25) is 0 Å². The van der Waals surface area contributed by atoms with Crippen molar-refractivity contribution in [2.75, 3.05) is 0 Å². The van der Waals surface area contributed by atoms with E-state index in [1.165, 1.54) is 19.9 Å². The van der Waals surface area contributed by atoms with E-state index in [1.54, 1.807) is 25.1 Å². The van der Waals surface area contributed by atoms with E-state index in [2.05, 4.69) is 0 Å². The van der Waals surface area contributed by atoms with E-state index < -0.39 is 59.2 Å². The Labute approximate surface area is 220 Å². The number of hydrogen-bond donors (Lipinski definition) is 6. The molecule has 9 atom stereocenters. The lowest BCUT2D eigenvalue weighted by atomic mass is 9.51. The Kier molecular flexibility index (Phi) is 6.60. The first-order valence-corrected chi connectivity index (χ1v) is 13.3. The topological polar surface area (TPSA) is 165 Å². The van der Waals surface area contributed by atoms with E-state index in [1.807, 2.05) is 0 Å². The fourth-order valence-corrected chi connectivity index (χ4v) is 7.30. The molecule has 0 bridgehead atoms. The predicted octanol–water partition coefficient (Wildman–Crippen LogP) is 1.99. The van der Waals surface area contributed by atoms with Gasteiger partial charge in [-0.15, -0.1) is 0 Å². The molecule has 1 saturated heterocycles. The third-order valence-corrected chi connectivity index (χ3v) is 9.59. The van der Waals surface area contributed by atoms with Crippen LogP contribution in [0.1, 0.15) is 62.4 Å². The van der Waals surface area contributed by atoms with E-state index in [0.717, 1.165) is 0 Å². The number of fused-ring (bicyclic) bond motifs is 3. The molecule has 6 N–H and O–H groups in total. The van der Waals surface area contributed by atoms with Crippen LogP contribution in [0, 0.1) is 17.3 Å². The molecule has 2 unspecified atom stereocenters. The fraction of sp³-hybridized carbons (Fsp3) is 0.586. The number of aliphatic hydroxyl groups is 4. The Bertz CT molecular complexity index is 1290. The Morgan fingerprint density at radius 2 is 1.92 bits per heavy atom. The molecular weight excluding hydrogens is 492 g/mol. The van der Waals surface area contributed by atoms with E-state index in [9.17, 15) is 40.2 Å². The van der Waals surface area contributed by atoms with Gasteiger partial charge >= 0.3 is 0 Å². The molecule has 9 nitrogen and oxygen atoms in total. The van der Waals surface area contributed by atoms with E-state index in [-0.39, 0.29) is 53.9 Å². The molecule has 206 valence electrons. The molecule has 3 aliphatic rings. The van der Waals surface area contributed by atoms with Crippen LogP contribution in [0.15, 0.2) is 24.3 Å². The van der Waals surface area contributed by atoms with Gasteiger partial charge in [-0.05, 0) is 69.9 Å². The number of aromatic hydroxyl groups is 2. The molecule has 1 aliphatic heterocycles. The van der Waals surface area contributed by atoms with Crippen molar-refractivity contribution in [2.24, 2.45) is 17.3 Å². The van der Waals surface area contributed by atoms with Crippen LogP contribution in [0.2, 0.25) is 0 Å². The number of aliphatic hydroxyl groups excluding tert-OH is 3. The molecule has 1 saturated carbocycles. The van der Waals surface area contributed by atoms with Crippen molar-refractivity contribution in [3.05, 3.63) is 35.4 Å². The minimum Gasteiger partial charge on any atom is -0.507 e. The number of rotatable bonds is 4. The van der Waals surface area contributed by atoms with Gasteiger partial charge in [-0.25, -0.2) is 0 Å². The van der Waals surface area contributed by atoms with Gasteiger partial charge in [0.15, 0.2) is 5.78 Å². The zero-order valence-corrected chi connectivity index (χ0v) is 21.8. The van der Waals surface area contributed by atoms with Crippen LogP contribution in [0.4, 0.5) is 0 Å². The average molecular weight is 529 g/mol. The number of hydrogen-bond acceptors (Lipinski definition) is 9. The monoisotopic (exact) mass is 528 g/mol. The molecule has 38 heavy (non-hydrogen) atoms. The fourth-order valence-electron chi connectivity index (χ4n) is 7.30. The first kappa shape index (κ1) is 27.0. The molecular formula is C29H36O9. The molecule has 2 aromatic rings. The Morgan fingerprint density at radius 3 is 2.55 bits per heavy atom. The van der Waals surface area contributed by atoms with Gasteiger partial charge < -0.3 is 35.4 Å². The van der Waals surface area contributed by atoms with Gasteiger partial charge in [0.05, 0.1) is 41.5 Å². The summed E-state index contributed by atoms with van der Waals surface area (Å²) >= 11 is 0. The summed E-state index contributed by atoms with van der Waals surface area (Å²) in [6, 6.07) is 6.47. The lowest BCUT2D eigenvalue weighted by Crippen LogP contribution is -2.62. The molecule has 0 aromatic heterocycles. The van der Waals surface area contributed by atoms with Crippen molar-refractivity contribution < 1.29 is 45.0 Å². The van der Waals surface area contributed by atoms with Crippen molar-refractivity contribution in [1.29, 1.82) is 0 Å². The summed E-state index contributed by atoms with van der Waals surface area (Å²) in [4.78, 5) is 27.0. The third-order valence-electron chi connectivity index (χ3n) is 9.59. The molecule has 5 rings (SSSR count). The second-order valence-corrected chi connectivity index (χ2v) is 11.6. The van der Waals surface area contributed by atoms with Crippen molar-refractivity contribution >= 4 is 22.3 Å². The number of carbonyl (C=O) groups is 2. The first-order chi connectivity index (χ1) is 17.8. The van der Waals surface area contributed by atoms with E-state index in [4.69, 9.17) is 4.74 Å². The SMILES string of the molecule is CC(=O)[C@@H]1C[C@@]2(CC3CC[C@@](O)(C(C)O)[C@H](C)O3)C(=O)c3c(cc4cccc(O)c4c3O)C[C@H]2[C@H](O)[C@@H]1O. The molecule has 2 fully saturated rings. The Morgan fingerprint density at radius 1 is 1.21 bits per heavy atom. The van der Waals surface area contributed by atoms with Gasteiger partial charge in [-0.3, -0.25) is 9.59 Å². The van der Waals surface area contributed by atoms with E-state index >= 15 is 0 Å². The van der Waals surface area contributed by atoms with E-state index in [0.29, 0.717) is 17.4 Å². The number of benzene rings is 2. The highest BCUT2D eigenvalue weighted by molar-refractivity contribution is 6.11. The number of ether oxygens (including phenoxy) is 1. The minimum atomic E-state index is -1.45. The zero-order valence-electron chi connectivity index (χ0n) is 21.8. The van der Waals surface area contributed by atoms with Crippen LogP contribution in [0.3, 0.4) is 0 Å². The third kappa shape index (κ3) is 3.86. The zero-order chi connectivity index (χ0) is 27.7. The number of ketones is 2. The van der Waals surface area contributed by atoms with Gasteiger partial charge in [-0.2, -0.15) is 0 Å². The number of Topliss-reactive ketones (excluding diaryl/α,β-unsaturated/α-hetero) is 2. The Balaban J connectivity index is 1.63. The van der Waals surface area contributed by atoms with Crippen LogP contribution in [-0.2, 0) is 16.0 Å². The smallest absolute Gasteiger partial charge is 0.173 e. The van der Waals surface area contributed by atoms with Crippen molar-refractivity contribution in [1.82, 2.24) is 0 Å². The predicted molar refractivity (Wildman–Crippen MR) is 137 cm³/mol. The molecule has 1 heterocycles. The Hall–Kier alpha value is -2.56. The second-order valence-electron chi connectivity index (χ2n) is 11.6. The second kappa shape index (κ2) is 9.27. The van der Waals surface area contributed by atoms with Crippen LogP contribution in [0.5, 0.6) is 11.5 Å². The highest BCUT2D eigenvalue weighted by Gasteiger charge is 2.61. The average Bonchev–Trinajstić information content (AvgIpc) is 2.85. The highest BCUT2D eigenvalue weighted by Crippen LogP contribution is 2.57. The highest BCUT2D eigenvalue weighted by atomic mass is 16.5. The molecule has 0 spiro atoms. The summed E-state index contributed by atoms with van der Waals surface area (Å²) in [7, 11) is 0. The maximum Gasteiger partial charge on any atom is 0.173 e. The van der Waals surface area contributed by atoms with Crippen molar-refractivity contribution in [3.63, 3.8) is 0 Å². The maximum absolute atomic E-state index is 14.5. The summed E-state index contributed by atoms with van der Waals surface area (Å²) in [6.07, 6.45) is -4.22. The van der Waals surface area contributed by atoms with Crippen LogP contribution < -0.4 is 0 Å². The van der Waals surface area contributed by atoms with Crippen LogP contribution in [0.25, 0.3) is 10.8 Å². The van der Waals surface area contributed by atoms with Crippen LogP contribution >= 0.6 is 0 Å². The number of carbonyl (C=O) groups excluding carboxylic acids is 2. The summed E-state index contributed by atoms with van der Waals surface area (Å²) < 4.78 is 6.13. The molecule has 0 radical (unpaired) electrons. The largest absolute Gasteiger partial charge is 0.507 e. The summed E-state index contributed by atoms with van der Waals surface area (Å²) in [6.45, 7) is 4.47. The summed E-state index contributed by atoms with van der Waals surface area (Å²) in [5.74, 6) is -3.07. The number of phenolic OH excluding ortho intramolecular Hbond substituents is 2. The van der Waals surface area contributed by atoms with Crippen molar-refractivity contribution in [3.8, 4) is 11.5 Å². The lowest BCUT2D eigenvalue weighted by molar-refractivity contribution is -0.215. The standard InChI is InChI=1S/C29H36O9/c1-13(30)19-12-28(11-18-7-8-29(37,14(2)31)15(3)38-18)20(25(34)24(19)33)10-17-9-16-5-4-6-21(32)22(16)26(35)23(17)27(28)36/h4-6,9,14-15,18-20,24-25,31-35,37H,7-8,10-12H2,1-3H3/t14?,15-,18?,19-,20-,24+,25-,28+,29+/m0/s1. The number of phenols is 2. The minimum absolute atomic E-state index is 0.0311. The first-order valence-electron chi connectivity index (χ1n) is 13.3. The summed E-state index contributed by atoms with van der Waals surface area (Å²) in [5, 5.41) is 65.6. The molecule has 2 aliphatic carbocycles. The maximum atomic E-state index is 14.5.